The fourth-order valence-corrected chi connectivity index (χ4v) is 2.28. The normalized spacial score (nSPS) is 10.3. The molecule has 0 saturated heterocycles. The number of anilines is 1. The largest absolute Gasteiger partial charge is 0.321 e. The standard InChI is InChI=1S/C12H6ClF2IN2O/c13-8-5-6(16)1-2-9(8)18-12(19)7-3-4-17-11(15)10(7)14/h1-5H,(H,18,19). The van der Waals surface area contributed by atoms with Gasteiger partial charge in [-0.3, -0.25) is 4.79 Å². The molecule has 3 nitrogen and oxygen atoms in total. The van der Waals surface area contributed by atoms with E-state index >= 15 is 0 Å². The average molecular weight is 395 g/mol. The Labute approximate surface area is 126 Å². The van der Waals surface area contributed by atoms with E-state index < -0.39 is 23.2 Å². The summed E-state index contributed by atoms with van der Waals surface area (Å²) in [5.74, 6) is -3.40. The van der Waals surface area contributed by atoms with Gasteiger partial charge in [0, 0.05) is 9.77 Å². The van der Waals surface area contributed by atoms with E-state index in [1.54, 1.807) is 18.2 Å². The summed E-state index contributed by atoms with van der Waals surface area (Å²) in [6.45, 7) is 0. The Morgan fingerprint density at radius 3 is 2.74 bits per heavy atom. The summed E-state index contributed by atoms with van der Waals surface area (Å²) in [7, 11) is 0. The number of benzene rings is 1. The molecule has 1 aromatic carbocycles. The van der Waals surface area contributed by atoms with Gasteiger partial charge in [0.15, 0.2) is 5.82 Å². The predicted octanol–water partition coefficient (Wildman–Crippen LogP) is 3.87. The van der Waals surface area contributed by atoms with Crippen LogP contribution >= 0.6 is 34.2 Å². The first kappa shape index (κ1) is 14.1. The highest BCUT2D eigenvalue weighted by molar-refractivity contribution is 14.1. The van der Waals surface area contributed by atoms with Gasteiger partial charge in [0.25, 0.3) is 5.91 Å². The second-order valence-corrected chi connectivity index (χ2v) is 5.19. The molecular formula is C12H6ClF2IN2O. The Kier molecular flexibility index (Phi) is 4.31. The molecule has 0 unspecified atom stereocenters. The van der Waals surface area contributed by atoms with Crippen LogP contribution in [-0.4, -0.2) is 10.9 Å². The Balaban J connectivity index is 2.28. The van der Waals surface area contributed by atoms with Gasteiger partial charge in [-0.2, -0.15) is 4.39 Å². The summed E-state index contributed by atoms with van der Waals surface area (Å²) < 4.78 is 27.2. The van der Waals surface area contributed by atoms with Gasteiger partial charge in [-0.05, 0) is 46.9 Å². The highest BCUT2D eigenvalue weighted by atomic mass is 127. The third kappa shape index (κ3) is 3.19. The number of amides is 1. The van der Waals surface area contributed by atoms with Crippen molar-refractivity contribution >= 4 is 45.8 Å². The molecular weight excluding hydrogens is 388 g/mol. The number of nitrogens with zero attached hydrogens (tertiary/aromatic N) is 1. The number of rotatable bonds is 2. The van der Waals surface area contributed by atoms with Crippen LogP contribution in [0.2, 0.25) is 5.02 Å². The molecule has 1 aromatic heterocycles. The van der Waals surface area contributed by atoms with Crippen molar-refractivity contribution in [3.63, 3.8) is 0 Å². The zero-order valence-electron chi connectivity index (χ0n) is 9.25. The number of halogens is 4. The summed E-state index contributed by atoms with van der Waals surface area (Å²) in [4.78, 5) is 14.9. The van der Waals surface area contributed by atoms with E-state index in [-0.39, 0.29) is 0 Å². The van der Waals surface area contributed by atoms with Crippen molar-refractivity contribution in [2.45, 2.75) is 0 Å². The molecule has 19 heavy (non-hydrogen) atoms. The molecule has 0 aliphatic rings. The van der Waals surface area contributed by atoms with E-state index in [0.29, 0.717) is 10.7 Å². The molecule has 0 saturated carbocycles. The SMILES string of the molecule is O=C(Nc1ccc(I)cc1Cl)c1ccnc(F)c1F. The first-order chi connectivity index (χ1) is 8.99. The van der Waals surface area contributed by atoms with Gasteiger partial charge in [-0.1, -0.05) is 11.6 Å². The van der Waals surface area contributed by atoms with E-state index in [2.05, 4.69) is 32.9 Å². The summed E-state index contributed by atoms with van der Waals surface area (Å²) >= 11 is 7.99. The molecule has 0 aliphatic carbocycles. The third-order valence-electron chi connectivity index (χ3n) is 2.27. The van der Waals surface area contributed by atoms with E-state index in [9.17, 15) is 13.6 Å². The monoisotopic (exact) mass is 394 g/mol. The lowest BCUT2D eigenvalue weighted by molar-refractivity contribution is 0.102. The summed E-state index contributed by atoms with van der Waals surface area (Å²) in [6.07, 6.45) is 1.02. The maximum absolute atomic E-state index is 13.4. The molecule has 1 N–H and O–H groups in total. The lowest BCUT2D eigenvalue weighted by Crippen LogP contribution is -2.15. The van der Waals surface area contributed by atoms with E-state index in [4.69, 9.17) is 11.6 Å². The van der Waals surface area contributed by atoms with Crippen LogP contribution in [0.1, 0.15) is 10.4 Å². The third-order valence-corrected chi connectivity index (χ3v) is 3.25. The van der Waals surface area contributed by atoms with Gasteiger partial charge < -0.3 is 5.32 Å². The quantitative estimate of drug-likeness (QED) is 0.621. The minimum atomic E-state index is -1.32. The lowest BCUT2D eigenvalue weighted by atomic mass is 10.2. The highest BCUT2D eigenvalue weighted by Crippen LogP contribution is 2.24. The Bertz CT molecular complexity index is 652. The predicted molar refractivity (Wildman–Crippen MR) is 76.3 cm³/mol. The van der Waals surface area contributed by atoms with Crippen LogP contribution in [-0.2, 0) is 0 Å². The zero-order valence-corrected chi connectivity index (χ0v) is 12.2. The fraction of sp³-hybridized carbons (Fsp3) is 0. The molecule has 7 heteroatoms. The van der Waals surface area contributed by atoms with E-state index in [0.717, 1.165) is 15.8 Å². The van der Waals surface area contributed by atoms with Crippen molar-refractivity contribution < 1.29 is 13.6 Å². The summed E-state index contributed by atoms with van der Waals surface area (Å²) in [6, 6.07) is 6.04. The summed E-state index contributed by atoms with van der Waals surface area (Å²) in [5.41, 5.74) is -0.106. The van der Waals surface area contributed by atoms with Crippen LogP contribution in [0.3, 0.4) is 0 Å². The molecule has 0 radical (unpaired) electrons. The smallest absolute Gasteiger partial charge is 0.258 e. The van der Waals surface area contributed by atoms with Crippen LogP contribution in [0.5, 0.6) is 0 Å². The molecule has 0 spiro atoms. The molecule has 98 valence electrons. The van der Waals surface area contributed by atoms with E-state index in [1.165, 1.54) is 0 Å². The van der Waals surface area contributed by atoms with Gasteiger partial charge in [-0.25, -0.2) is 9.37 Å². The van der Waals surface area contributed by atoms with Crippen LogP contribution < -0.4 is 5.32 Å². The Hall–Kier alpha value is -1.28. The van der Waals surface area contributed by atoms with Crippen molar-refractivity contribution in [2.24, 2.45) is 0 Å². The Morgan fingerprint density at radius 2 is 2.05 bits per heavy atom. The number of carbonyl (C=O) groups excluding carboxylic acids is 1. The number of pyridine rings is 1. The number of nitrogens with one attached hydrogen (secondary N) is 1. The first-order valence-electron chi connectivity index (χ1n) is 5.05. The zero-order chi connectivity index (χ0) is 14.0. The van der Waals surface area contributed by atoms with Gasteiger partial charge in [0.05, 0.1) is 16.3 Å². The van der Waals surface area contributed by atoms with Gasteiger partial charge in [-0.15, -0.1) is 0 Å². The van der Waals surface area contributed by atoms with Crippen LogP contribution in [0, 0.1) is 15.3 Å². The number of carbonyl (C=O) groups is 1. The molecule has 0 bridgehead atoms. The fourth-order valence-electron chi connectivity index (χ4n) is 1.37. The second kappa shape index (κ2) is 5.79. The molecule has 0 fully saturated rings. The first-order valence-corrected chi connectivity index (χ1v) is 6.51. The number of hydrogen-bond acceptors (Lipinski definition) is 2. The molecule has 2 aromatic rings. The molecule has 1 heterocycles. The average Bonchev–Trinajstić information content (AvgIpc) is 2.36. The maximum Gasteiger partial charge on any atom is 0.258 e. The molecule has 1 amide bonds. The van der Waals surface area contributed by atoms with Crippen molar-refractivity contribution in [1.29, 1.82) is 0 Å². The molecule has 2 rings (SSSR count). The van der Waals surface area contributed by atoms with Crippen LogP contribution in [0.4, 0.5) is 14.5 Å². The minimum absolute atomic E-state index is 0.315. The van der Waals surface area contributed by atoms with Crippen molar-refractivity contribution in [3.05, 3.63) is 56.4 Å². The molecule has 0 aliphatic heterocycles. The maximum atomic E-state index is 13.4. The summed E-state index contributed by atoms with van der Waals surface area (Å²) in [5, 5.41) is 2.73. The lowest BCUT2D eigenvalue weighted by Gasteiger charge is -2.08. The van der Waals surface area contributed by atoms with Crippen molar-refractivity contribution in [2.75, 3.05) is 5.32 Å². The Morgan fingerprint density at radius 1 is 1.32 bits per heavy atom. The van der Waals surface area contributed by atoms with Crippen LogP contribution in [0.25, 0.3) is 0 Å². The number of aromatic nitrogens is 1. The number of hydrogen-bond donors (Lipinski definition) is 1. The van der Waals surface area contributed by atoms with Gasteiger partial charge in [0.1, 0.15) is 0 Å². The topological polar surface area (TPSA) is 42.0 Å². The molecule has 0 atom stereocenters. The van der Waals surface area contributed by atoms with Crippen LogP contribution in [0.15, 0.2) is 30.5 Å². The van der Waals surface area contributed by atoms with Gasteiger partial charge in [0.2, 0.25) is 5.95 Å². The van der Waals surface area contributed by atoms with Gasteiger partial charge >= 0.3 is 0 Å². The van der Waals surface area contributed by atoms with Crippen molar-refractivity contribution in [3.8, 4) is 0 Å². The van der Waals surface area contributed by atoms with E-state index in [1.807, 2.05) is 0 Å². The highest BCUT2D eigenvalue weighted by Gasteiger charge is 2.17. The minimum Gasteiger partial charge on any atom is -0.321 e. The second-order valence-electron chi connectivity index (χ2n) is 3.54. The van der Waals surface area contributed by atoms with Crippen molar-refractivity contribution in [1.82, 2.24) is 4.98 Å².